The van der Waals surface area contributed by atoms with E-state index in [0.29, 0.717) is 6.04 Å². The lowest BCUT2D eigenvalue weighted by Crippen LogP contribution is -2.43. The Morgan fingerprint density at radius 3 is 2.23 bits per heavy atom. The summed E-state index contributed by atoms with van der Waals surface area (Å²) in [5.74, 6) is 0.756. The van der Waals surface area contributed by atoms with Crippen LogP contribution in [-0.4, -0.2) is 15.0 Å². The molecule has 2 nitrogen and oxygen atoms in total. The van der Waals surface area contributed by atoms with Gasteiger partial charge in [-0.25, -0.2) is 8.93 Å². The molecule has 0 aromatic rings. The van der Waals surface area contributed by atoms with Gasteiger partial charge in [-0.05, 0) is 46.5 Å². The first-order chi connectivity index (χ1) is 5.91. The summed E-state index contributed by atoms with van der Waals surface area (Å²) in [6, 6.07) is 0.411. The summed E-state index contributed by atoms with van der Waals surface area (Å²) in [5, 5.41) is 0. The topological polar surface area (TPSA) is 29.1 Å². The lowest BCUT2D eigenvalue weighted by atomic mass is 9.81. The van der Waals surface area contributed by atoms with Crippen molar-refractivity contribution in [1.29, 1.82) is 0 Å². The van der Waals surface area contributed by atoms with Crippen LogP contribution in [0.3, 0.4) is 0 Å². The Balaban J connectivity index is 2.35. The average Bonchev–Trinajstić information content (AvgIpc) is 1.79. The zero-order valence-corrected chi connectivity index (χ0v) is 9.91. The van der Waals surface area contributed by atoms with Gasteiger partial charge in [0.05, 0.1) is 15.7 Å². The summed E-state index contributed by atoms with van der Waals surface area (Å²) in [7, 11) is -0.906. The van der Waals surface area contributed by atoms with Gasteiger partial charge in [-0.1, -0.05) is 6.42 Å². The highest BCUT2D eigenvalue weighted by atomic mass is 32.2. The Bertz CT molecular complexity index is 194. The van der Waals surface area contributed by atoms with Crippen LogP contribution in [0.4, 0.5) is 0 Å². The van der Waals surface area contributed by atoms with Gasteiger partial charge in [0.25, 0.3) is 0 Å². The lowest BCUT2D eigenvalue weighted by molar-refractivity contribution is 0.261. The molecule has 0 aromatic heterocycles. The van der Waals surface area contributed by atoms with Gasteiger partial charge in [-0.15, -0.1) is 0 Å². The summed E-state index contributed by atoms with van der Waals surface area (Å²) in [5.41, 5.74) is 0. The standard InChI is InChI=1S/C10H21NOS/c1-8(9-6-5-7-9)11-13(12)10(2,3)4/h8-9,11H,5-7H2,1-4H3/t8-,13?/m0/s1. The average molecular weight is 203 g/mol. The van der Waals surface area contributed by atoms with Crippen LogP contribution in [0, 0.1) is 5.92 Å². The van der Waals surface area contributed by atoms with Gasteiger partial charge in [0.15, 0.2) is 0 Å². The van der Waals surface area contributed by atoms with E-state index in [0.717, 1.165) is 5.92 Å². The molecule has 0 saturated heterocycles. The molecule has 1 aliphatic rings. The summed E-state index contributed by atoms with van der Waals surface area (Å²) < 4.78 is 14.8. The largest absolute Gasteiger partial charge is 0.242 e. The fourth-order valence-corrected chi connectivity index (χ4v) is 2.27. The Morgan fingerprint density at radius 2 is 1.92 bits per heavy atom. The Labute approximate surface area is 84.1 Å². The maximum Gasteiger partial charge on any atom is 0.0972 e. The molecule has 1 fully saturated rings. The summed E-state index contributed by atoms with van der Waals surface area (Å²) >= 11 is 0. The van der Waals surface area contributed by atoms with Crippen molar-refractivity contribution in [3.63, 3.8) is 0 Å². The van der Waals surface area contributed by atoms with Gasteiger partial charge in [-0.2, -0.15) is 0 Å². The lowest BCUT2D eigenvalue weighted by Gasteiger charge is -2.33. The minimum Gasteiger partial charge on any atom is -0.242 e. The minimum absolute atomic E-state index is 0.141. The fraction of sp³-hybridized carbons (Fsp3) is 1.00. The van der Waals surface area contributed by atoms with Crippen molar-refractivity contribution in [3.05, 3.63) is 0 Å². The molecule has 0 bridgehead atoms. The van der Waals surface area contributed by atoms with Crippen LogP contribution in [0.2, 0.25) is 0 Å². The van der Waals surface area contributed by atoms with E-state index in [2.05, 4.69) is 11.6 Å². The van der Waals surface area contributed by atoms with Crippen LogP contribution in [0.5, 0.6) is 0 Å². The van der Waals surface area contributed by atoms with Crippen molar-refractivity contribution in [1.82, 2.24) is 4.72 Å². The Kier molecular flexibility index (Phi) is 3.52. The molecule has 78 valence electrons. The minimum atomic E-state index is -0.906. The van der Waals surface area contributed by atoms with E-state index in [-0.39, 0.29) is 4.75 Å². The van der Waals surface area contributed by atoms with Gasteiger partial charge in [0.2, 0.25) is 0 Å². The van der Waals surface area contributed by atoms with Crippen molar-refractivity contribution in [2.24, 2.45) is 5.92 Å². The van der Waals surface area contributed by atoms with Crippen molar-refractivity contribution in [2.45, 2.75) is 57.7 Å². The fourth-order valence-electron chi connectivity index (χ4n) is 1.38. The first kappa shape index (κ1) is 11.2. The van der Waals surface area contributed by atoms with Crippen LogP contribution in [0.25, 0.3) is 0 Å². The first-order valence-corrected chi connectivity index (χ1v) is 6.24. The van der Waals surface area contributed by atoms with E-state index in [4.69, 9.17) is 0 Å². The number of nitrogens with one attached hydrogen (secondary N) is 1. The van der Waals surface area contributed by atoms with Crippen LogP contribution in [0.15, 0.2) is 0 Å². The van der Waals surface area contributed by atoms with E-state index in [9.17, 15) is 4.21 Å². The maximum absolute atomic E-state index is 11.7. The van der Waals surface area contributed by atoms with E-state index < -0.39 is 11.0 Å². The summed E-state index contributed by atoms with van der Waals surface area (Å²) in [4.78, 5) is 0. The first-order valence-electron chi connectivity index (χ1n) is 5.09. The predicted molar refractivity (Wildman–Crippen MR) is 57.8 cm³/mol. The smallest absolute Gasteiger partial charge is 0.0972 e. The highest BCUT2D eigenvalue weighted by Gasteiger charge is 2.28. The molecule has 2 atom stereocenters. The molecule has 1 N–H and O–H groups in total. The van der Waals surface area contributed by atoms with Gasteiger partial charge in [0.1, 0.15) is 0 Å². The normalized spacial score (nSPS) is 23.7. The molecule has 0 spiro atoms. The third-order valence-electron chi connectivity index (χ3n) is 2.71. The SMILES string of the molecule is C[C@H](NS(=O)C(C)(C)C)C1CCC1. The number of rotatable bonds is 3. The molecule has 0 radical (unpaired) electrons. The van der Waals surface area contributed by atoms with Crippen LogP contribution < -0.4 is 4.72 Å². The molecule has 0 aromatic carbocycles. The molecule has 13 heavy (non-hydrogen) atoms. The third-order valence-corrected chi connectivity index (χ3v) is 4.40. The molecule has 1 unspecified atom stereocenters. The van der Waals surface area contributed by atoms with E-state index in [1.807, 2.05) is 20.8 Å². The monoisotopic (exact) mass is 203 g/mol. The molecule has 3 heteroatoms. The van der Waals surface area contributed by atoms with Crippen molar-refractivity contribution in [2.75, 3.05) is 0 Å². The van der Waals surface area contributed by atoms with Gasteiger partial charge in [-0.3, -0.25) is 0 Å². The van der Waals surface area contributed by atoms with E-state index in [1.165, 1.54) is 19.3 Å². The molecule has 0 amide bonds. The zero-order valence-electron chi connectivity index (χ0n) is 9.09. The van der Waals surface area contributed by atoms with Gasteiger partial charge < -0.3 is 0 Å². The molecule has 0 aliphatic heterocycles. The number of hydrogen-bond acceptors (Lipinski definition) is 1. The maximum atomic E-state index is 11.7. The second-order valence-corrected chi connectivity index (χ2v) is 6.98. The highest BCUT2D eigenvalue weighted by molar-refractivity contribution is 7.84. The quantitative estimate of drug-likeness (QED) is 0.749. The van der Waals surface area contributed by atoms with Gasteiger partial charge >= 0.3 is 0 Å². The Hall–Kier alpha value is 0.110. The second kappa shape index (κ2) is 4.09. The van der Waals surface area contributed by atoms with E-state index in [1.54, 1.807) is 0 Å². The molecule has 1 saturated carbocycles. The van der Waals surface area contributed by atoms with Crippen LogP contribution in [-0.2, 0) is 11.0 Å². The van der Waals surface area contributed by atoms with E-state index >= 15 is 0 Å². The second-order valence-electron chi connectivity index (χ2n) is 4.98. The van der Waals surface area contributed by atoms with Crippen molar-refractivity contribution < 1.29 is 4.21 Å². The molecular weight excluding hydrogens is 182 g/mol. The molecule has 1 aliphatic carbocycles. The predicted octanol–water partition coefficient (Wildman–Crippen LogP) is 2.23. The summed E-state index contributed by atoms with van der Waals surface area (Å²) in [6.07, 6.45) is 3.95. The van der Waals surface area contributed by atoms with Gasteiger partial charge in [0, 0.05) is 6.04 Å². The van der Waals surface area contributed by atoms with Crippen LogP contribution in [0.1, 0.15) is 47.0 Å². The molecule has 1 rings (SSSR count). The van der Waals surface area contributed by atoms with Crippen molar-refractivity contribution >= 4 is 11.0 Å². The summed E-state index contributed by atoms with van der Waals surface area (Å²) in [6.45, 7) is 8.16. The number of hydrogen-bond donors (Lipinski definition) is 1. The third kappa shape index (κ3) is 3.06. The highest BCUT2D eigenvalue weighted by Crippen LogP contribution is 2.29. The van der Waals surface area contributed by atoms with Crippen LogP contribution >= 0.6 is 0 Å². The Morgan fingerprint density at radius 1 is 1.38 bits per heavy atom. The molecular formula is C10H21NOS. The molecule has 0 heterocycles. The zero-order chi connectivity index (χ0) is 10.1. The van der Waals surface area contributed by atoms with Crippen molar-refractivity contribution in [3.8, 4) is 0 Å².